The van der Waals surface area contributed by atoms with Crippen LogP contribution < -0.4 is 79.1 Å². The molecule has 3 nitrogen and oxygen atoms in total. The molecule has 1 N–H and O–H groups in total. The Balaban J connectivity index is 0.00000484. The summed E-state index contributed by atoms with van der Waals surface area (Å²) in [6.07, 6.45) is 2.49. The number of hydroxylamine groups is 1. The first kappa shape index (κ1) is 23.7. The number of hydrogen-bond acceptors (Lipinski definition) is 3. The quantitative estimate of drug-likeness (QED) is 0.542. The molecule has 0 spiro atoms. The molecule has 1 aromatic carbocycles. The summed E-state index contributed by atoms with van der Waals surface area (Å²) < 4.78 is 6.03. The molecule has 0 bridgehead atoms. The first-order valence-corrected chi connectivity index (χ1v) is 7.88. The maximum atomic E-state index is 10.6. The van der Waals surface area contributed by atoms with Crippen molar-refractivity contribution in [2.24, 2.45) is 0 Å². The molecule has 4 heteroatoms. The molecule has 0 amide bonds. The molecule has 0 saturated carbocycles. The maximum Gasteiger partial charge on any atom is 1.00 e. The molecular formula is C19H30CsNO2. The second kappa shape index (κ2) is 10.0. The summed E-state index contributed by atoms with van der Waals surface area (Å²) in [4.78, 5) is 0. The van der Waals surface area contributed by atoms with Crippen LogP contribution in [0.15, 0.2) is 24.8 Å². The predicted octanol–water partition coefficient (Wildman–Crippen LogP) is 1.48. The fraction of sp³-hybridized carbons (Fsp3) is 0.579. The van der Waals surface area contributed by atoms with E-state index in [4.69, 9.17) is 4.74 Å². The molecule has 0 radical (unpaired) electrons. The number of ether oxygens (including phenoxy) is 1. The summed E-state index contributed by atoms with van der Waals surface area (Å²) in [5.41, 5.74) is 5.46. The van der Waals surface area contributed by atoms with Crippen molar-refractivity contribution in [3.63, 3.8) is 0 Å². The van der Waals surface area contributed by atoms with Crippen molar-refractivity contribution in [2.75, 3.05) is 13.2 Å². The van der Waals surface area contributed by atoms with Crippen molar-refractivity contribution in [1.82, 2.24) is 5.48 Å². The Morgan fingerprint density at radius 2 is 1.57 bits per heavy atom. The van der Waals surface area contributed by atoms with Gasteiger partial charge in [-0.15, -0.1) is 0 Å². The van der Waals surface area contributed by atoms with E-state index in [9.17, 15) is 5.21 Å². The summed E-state index contributed by atoms with van der Waals surface area (Å²) >= 11 is 0. The van der Waals surface area contributed by atoms with Gasteiger partial charge in [0.25, 0.3) is 0 Å². The molecule has 0 aliphatic carbocycles. The minimum absolute atomic E-state index is 0. The molecule has 0 aromatic heterocycles. The van der Waals surface area contributed by atoms with E-state index in [1.165, 1.54) is 16.7 Å². The van der Waals surface area contributed by atoms with Crippen LogP contribution in [0.25, 0.3) is 0 Å². The minimum atomic E-state index is -0.0304. The van der Waals surface area contributed by atoms with Gasteiger partial charge in [0.05, 0.1) is 0 Å². The van der Waals surface area contributed by atoms with Crippen LogP contribution in [0.2, 0.25) is 0 Å². The monoisotopic (exact) mass is 437 g/mol. The zero-order valence-electron chi connectivity index (χ0n) is 15.9. The predicted molar refractivity (Wildman–Crippen MR) is 94.6 cm³/mol. The van der Waals surface area contributed by atoms with Crippen LogP contribution in [-0.4, -0.2) is 13.2 Å². The van der Waals surface area contributed by atoms with E-state index in [1.54, 1.807) is 6.08 Å². The van der Waals surface area contributed by atoms with Gasteiger partial charge in [0.2, 0.25) is 0 Å². The van der Waals surface area contributed by atoms with Gasteiger partial charge in [-0.05, 0) is 29.4 Å². The molecule has 23 heavy (non-hydrogen) atoms. The normalized spacial score (nSPS) is 11.8. The van der Waals surface area contributed by atoms with Crippen LogP contribution in [0.5, 0.6) is 5.75 Å². The smallest absolute Gasteiger partial charge is 0.788 e. The summed E-state index contributed by atoms with van der Waals surface area (Å²) in [5.74, 6) is 0.957. The van der Waals surface area contributed by atoms with E-state index < -0.39 is 0 Å². The zero-order chi connectivity index (χ0) is 17.0. The fourth-order valence-corrected chi connectivity index (χ4v) is 2.44. The van der Waals surface area contributed by atoms with Gasteiger partial charge in [0.1, 0.15) is 12.4 Å². The summed E-state index contributed by atoms with van der Waals surface area (Å²) in [7, 11) is 0. The minimum Gasteiger partial charge on any atom is -0.788 e. The molecule has 0 aliphatic heterocycles. The van der Waals surface area contributed by atoms with Gasteiger partial charge >= 0.3 is 68.9 Å². The van der Waals surface area contributed by atoms with Gasteiger partial charge in [0, 0.05) is 11.1 Å². The third-order valence-electron chi connectivity index (χ3n) is 3.63. The largest absolute Gasteiger partial charge is 1.00 e. The first-order chi connectivity index (χ1) is 10.1. The molecule has 0 saturated heterocycles. The van der Waals surface area contributed by atoms with Crippen LogP contribution in [0, 0.1) is 5.21 Å². The van der Waals surface area contributed by atoms with E-state index in [-0.39, 0.29) is 79.7 Å². The molecule has 1 aromatic rings. The van der Waals surface area contributed by atoms with Crippen LogP contribution >= 0.6 is 0 Å². The van der Waals surface area contributed by atoms with Gasteiger partial charge in [-0.2, -0.15) is 0 Å². The van der Waals surface area contributed by atoms with Crippen LogP contribution in [0.4, 0.5) is 0 Å². The van der Waals surface area contributed by atoms with Gasteiger partial charge < -0.3 is 15.4 Å². The van der Waals surface area contributed by atoms with Crippen molar-refractivity contribution in [3.8, 4) is 5.75 Å². The standard InChI is InChI=1S/C19H30NO2.Cs/c1-8-11-22-17-15(18(2,3)4)12-14(9-10-20-21)13-16(17)19(5,6)7;/h8,12-13,20H,1,9-11H2,2-7H3;/q-1;+1. The van der Waals surface area contributed by atoms with Crippen LogP contribution in [0.1, 0.15) is 58.2 Å². The number of hydrogen-bond donors (Lipinski definition) is 1. The SMILES string of the molecule is C=CCOc1c(C(C)(C)C)cc(CCN[O-])cc1C(C)(C)C.[Cs+]. The van der Waals surface area contributed by atoms with E-state index >= 15 is 0 Å². The maximum absolute atomic E-state index is 10.6. The number of benzene rings is 1. The Labute approximate surface area is 200 Å². The van der Waals surface area contributed by atoms with Crippen molar-refractivity contribution < 1.29 is 73.6 Å². The van der Waals surface area contributed by atoms with Crippen LogP contribution in [0.3, 0.4) is 0 Å². The Morgan fingerprint density at radius 1 is 1.09 bits per heavy atom. The Morgan fingerprint density at radius 3 is 1.91 bits per heavy atom. The molecule has 124 valence electrons. The molecule has 0 unspecified atom stereocenters. The molecule has 0 atom stereocenters. The van der Waals surface area contributed by atoms with Crippen molar-refractivity contribution in [3.05, 3.63) is 46.7 Å². The van der Waals surface area contributed by atoms with Crippen LogP contribution in [-0.2, 0) is 17.3 Å². The molecule has 0 fully saturated rings. The first-order valence-electron chi connectivity index (χ1n) is 7.88. The summed E-state index contributed by atoms with van der Waals surface area (Å²) in [5, 5.41) is 10.6. The topological polar surface area (TPSA) is 44.3 Å². The third-order valence-corrected chi connectivity index (χ3v) is 3.63. The Bertz CT molecular complexity index is 478. The second-order valence-corrected chi connectivity index (χ2v) is 7.76. The summed E-state index contributed by atoms with van der Waals surface area (Å²) in [6.45, 7) is 17.8. The Kier molecular flexibility index (Phi) is 10.3. The van der Waals surface area contributed by atoms with E-state index in [0.29, 0.717) is 13.2 Å². The van der Waals surface area contributed by atoms with Gasteiger partial charge in [-0.1, -0.05) is 66.3 Å². The third kappa shape index (κ3) is 7.24. The van der Waals surface area contributed by atoms with Crippen molar-refractivity contribution in [1.29, 1.82) is 0 Å². The van der Waals surface area contributed by atoms with E-state index in [2.05, 4.69) is 60.3 Å². The van der Waals surface area contributed by atoms with E-state index in [1.807, 2.05) is 5.48 Å². The van der Waals surface area contributed by atoms with Gasteiger partial charge in [-0.3, -0.25) is 0 Å². The van der Waals surface area contributed by atoms with Gasteiger partial charge in [-0.25, -0.2) is 0 Å². The number of nitrogens with one attached hydrogen (secondary N) is 1. The van der Waals surface area contributed by atoms with Gasteiger partial charge in [0.15, 0.2) is 0 Å². The van der Waals surface area contributed by atoms with Crippen molar-refractivity contribution in [2.45, 2.75) is 58.8 Å². The van der Waals surface area contributed by atoms with E-state index in [0.717, 1.165) is 12.2 Å². The van der Waals surface area contributed by atoms with Crippen molar-refractivity contribution >= 4 is 0 Å². The molecule has 0 aliphatic rings. The molecule has 0 heterocycles. The zero-order valence-corrected chi connectivity index (χ0v) is 22.2. The average molecular weight is 437 g/mol. The summed E-state index contributed by atoms with van der Waals surface area (Å²) in [6, 6.07) is 4.34. The average Bonchev–Trinajstić information content (AvgIpc) is 2.40. The fourth-order valence-electron chi connectivity index (χ4n) is 2.44. The molecule has 1 rings (SSSR count). The second-order valence-electron chi connectivity index (χ2n) is 7.76. The number of rotatable bonds is 6. The Hall–Kier alpha value is 0.732. The molecular weight excluding hydrogens is 407 g/mol.